The first-order chi connectivity index (χ1) is 7.67. The van der Waals surface area contributed by atoms with Gasteiger partial charge in [-0.3, -0.25) is 4.57 Å². The lowest BCUT2D eigenvalue weighted by atomic mass is 10.2. The number of hydrogen-bond donors (Lipinski definition) is 1. The van der Waals surface area contributed by atoms with E-state index in [9.17, 15) is 9.46 Å². The average molecular weight is 267 g/mol. The summed E-state index contributed by atoms with van der Waals surface area (Å²) in [5.74, 6) is 0. The third kappa shape index (κ3) is 9.47. The number of ether oxygens (including phenoxy) is 1. The quantitative estimate of drug-likeness (QED) is 0.278. The number of likely N-dealkylation sites (N-methyl/N-ethyl adjacent to an activating group) is 1. The molecule has 0 rings (SSSR count). The molecule has 0 fully saturated rings. The number of phosphoric acid groups is 1. The second-order valence-electron chi connectivity index (χ2n) is 4.69. The lowest BCUT2D eigenvalue weighted by Gasteiger charge is -2.34. The van der Waals surface area contributed by atoms with Gasteiger partial charge in [0.05, 0.1) is 34.4 Å². The Morgan fingerprint density at radius 1 is 1.53 bits per heavy atom. The van der Waals surface area contributed by atoms with Gasteiger partial charge in [0.2, 0.25) is 0 Å². The maximum atomic E-state index is 10.5. The van der Waals surface area contributed by atoms with E-state index in [0.29, 0.717) is 24.1 Å². The molecule has 2 atom stereocenters. The fourth-order valence-electron chi connectivity index (χ4n) is 1.26. The number of hydrogen-bond acceptors (Lipinski definition) is 4. The molecule has 2 unspecified atom stereocenters. The third-order valence-electron chi connectivity index (χ3n) is 2.36. The van der Waals surface area contributed by atoms with Gasteiger partial charge in [-0.05, 0) is 0 Å². The van der Waals surface area contributed by atoms with Gasteiger partial charge in [-0.1, -0.05) is 6.08 Å². The van der Waals surface area contributed by atoms with Crippen molar-refractivity contribution >= 4 is 7.82 Å². The molecule has 0 amide bonds. The van der Waals surface area contributed by atoms with Crippen molar-refractivity contribution in [3.05, 3.63) is 12.7 Å². The maximum Gasteiger partial charge on any atom is 0.265 e. The lowest BCUT2D eigenvalue weighted by Crippen LogP contribution is -2.48. The summed E-state index contributed by atoms with van der Waals surface area (Å²) >= 11 is 0. The van der Waals surface area contributed by atoms with Crippen LogP contribution in [0.15, 0.2) is 12.7 Å². The van der Waals surface area contributed by atoms with Crippen molar-refractivity contribution < 1.29 is 28.1 Å². The summed E-state index contributed by atoms with van der Waals surface area (Å²) in [6.45, 7) is 4.43. The van der Waals surface area contributed by atoms with Crippen LogP contribution in [0.5, 0.6) is 0 Å². The molecule has 0 aliphatic carbocycles. The molecule has 0 saturated heterocycles. The maximum absolute atomic E-state index is 10.5. The summed E-state index contributed by atoms with van der Waals surface area (Å²) < 4.78 is 20.8. The topological polar surface area (TPSA) is 78.8 Å². The van der Waals surface area contributed by atoms with E-state index in [1.165, 1.54) is 0 Å². The first kappa shape index (κ1) is 16.8. The highest BCUT2D eigenvalue weighted by Gasteiger charge is 2.25. The highest BCUT2D eigenvalue weighted by atomic mass is 31.2. The second kappa shape index (κ2) is 7.26. The predicted octanol–water partition coefficient (Wildman–Crippen LogP) is 0.131. The summed E-state index contributed by atoms with van der Waals surface area (Å²) in [6, 6.07) is -0.0748. The van der Waals surface area contributed by atoms with Crippen molar-refractivity contribution in [2.75, 3.05) is 41.0 Å². The zero-order valence-corrected chi connectivity index (χ0v) is 11.6. The monoisotopic (exact) mass is 267 g/mol. The molecule has 6 nitrogen and oxygen atoms in total. The Morgan fingerprint density at radius 3 is 2.53 bits per heavy atom. The van der Waals surface area contributed by atoms with Crippen LogP contribution in [0.4, 0.5) is 0 Å². The summed E-state index contributed by atoms with van der Waals surface area (Å²) in [4.78, 5) is 19.1. The highest BCUT2D eigenvalue weighted by molar-refractivity contribution is 7.44. The van der Waals surface area contributed by atoms with E-state index >= 15 is 0 Å². The molecule has 0 aromatic heterocycles. The molecule has 0 radical (unpaired) electrons. The smallest absolute Gasteiger partial charge is 0.265 e. The fraction of sp³-hybridized carbons (Fsp3) is 0.800. The highest BCUT2D eigenvalue weighted by Crippen LogP contribution is 2.31. The van der Waals surface area contributed by atoms with Crippen molar-refractivity contribution in [3.8, 4) is 0 Å². The van der Waals surface area contributed by atoms with Crippen molar-refractivity contribution in [2.45, 2.75) is 12.5 Å². The first-order valence-corrected chi connectivity index (χ1v) is 6.84. The largest absolute Gasteiger partial charge is 0.756 e. The Bertz CT molecular complexity index is 270. The SMILES string of the molecule is C=CCOCCC(COP(=O)([O-])O)[N+](C)(C)C. The van der Waals surface area contributed by atoms with Gasteiger partial charge in [0, 0.05) is 6.42 Å². The van der Waals surface area contributed by atoms with Gasteiger partial charge in [0.1, 0.15) is 12.6 Å². The molecule has 0 aliphatic heterocycles. The minimum absolute atomic E-state index is 0.0573. The summed E-state index contributed by atoms with van der Waals surface area (Å²) in [5.41, 5.74) is 0. The number of rotatable bonds is 9. The molecular weight excluding hydrogens is 245 g/mol. The molecule has 0 heterocycles. The van der Waals surface area contributed by atoms with Crippen LogP contribution in [0.1, 0.15) is 6.42 Å². The Kier molecular flexibility index (Phi) is 7.16. The van der Waals surface area contributed by atoms with Crippen LogP contribution in [0.3, 0.4) is 0 Å². The minimum Gasteiger partial charge on any atom is -0.756 e. The normalized spacial score (nSPS) is 17.5. The van der Waals surface area contributed by atoms with Crippen molar-refractivity contribution in [1.29, 1.82) is 0 Å². The molecular formula is C10H22NO5P. The van der Waals surface area contributed by atoms with Gasteiger partial charge in [-0.2, -0.15) is 0 Å². The van der Waals surface area contributed by atoms with Crippen molar-refractivity contribution in [1.82, 2.24) is 0 Å². The van der Waals surface area contributed by atoms with E-state index in [4.69, 9.17) is 9.63 Å². The standard InChI is InChI=1S/C10H22NO5P/c1-5-7-15-8-6-10(11(2,3)4)9-16-17(12,13)14/h5,10H,1,6-9H2,2-4H3,(H-,12,13,14). The Labute approximate surface area is 103 Å². The van der Waals surface area contributed by atoms with Crippen LogP contribution < -0.4 is 4.89 Å². The second-order valence-corrected chi connectivity index (χ2v) is 5.88. The van der Waals surface area contributed by atoms with Crippen LogP contribution >= 0.6 is 7.82 Å². The van der Waals surface area contributed by atoms with Crippen LogP contribution in [-0.4, -0.2) is 56.4 Å². The van der Waals surface area contributed by atoms with Gasteiger partial charge in [-0.25, -0.2) is 0 Å². The Morgan fingerprint density at radius 2 is 2.12 bits per heavy atom. The van der Waals surface area contributed by atoms with Gasteiger partial charge in [0.25, 0.3) is 7.82 Å². The van der Waals surface area contributed by atoms with Gasteiger partial charge >= 0.3 is 0 Å². The van der Waals surface area contributed by atoms with Crippen LogP contribution in [0.25, 0.3) is 0 Å². The molecule has 0 aromatic carbocycles. The van der Waals surface area contributed by atoms with E-state index in [-0.39, 0.29) is 12.6 Å². The molecule has 0 saturated carbocycles. The van der Waals surface area contributed by atoms with E-state index in [1.807, 2.05) is 21.1 Å². The van der Waals surface area contributed by atoms with Crippen molar-refractivity contribution in [3.63, 3.8) is 0 Å². The fourth-order valence-corrected chi connectivity index (χ4v) is 1.62. The first-order valence-electron chi connectivity index (χ1n) is 5.35. The average Bonchev–Trinajstić information content (AvgIpc) is 2.13. The molecule has 102 valence electrons. The number of nitrogens with zero attached hydrogens (tertiary/aromatic N) is 1. The van der Waals surface area contributed by atoms with Crippen LogP contribution in [-0.2, 0) is 13.8 Å². The molecule has 1 N–H and O–H groups in total. The zero-order valence-electron chi connectivity index (χ0n) is 10.7. The molecule has 0 bridgehead atoms. The number of phosphoric ester groups is 1. The molecule has 7 heteroatoms. The van der Waals surface area contributed by atoms with E-state index < -0.39 is 7.82 Å². The summed E-state index contributed by atoms with van der Waals surface area (Å²) in [5, 5.41) is 0. The molecule has 0 aliphatic rings. The molecule has 0 spiro atoms. The van der Waals surface area contributed by atoms with E-state index in [2.05, 4.69) is 11.1 Å². The van der Waals surface area contributed by atoms with E-state index in [1.54, 1.807) is 6.08 Å². The lowest BCUT2D eigenvalue weighted by molar-refractivity contribution is -0.896. The van der Waals surface area contributed by atoms with Crippen molar-refractivity contribution in [2.24, 2.45) is 0 Å². The van der Waals surface area contributed by atoms with Crippen LogP contribution in [0, 0.1) is 0 Å². The van der Waals surface area contributed by atoms with Crippen LogP contribution in [0.2, 0.25) is 0 Å². The van der Waals surface area contributed by atoms with Gasteiger partial charge < -0.3 is 23.5 Å². The Balaban J connectivity index is 4.16. The zero-order chi connectivity index (χ0) is 13.5. The Hall–Kier alpha value is -0.230. The molecule has 0 aromatic rings. The van der Waals surface area contributed by atoms with E-state index in [0.717, 1.165) is 0 Å². The minimum atomic E-state index is -4.65. The van der Waals surface area contributed by atoms with Gasteiger partial charge in [0.15, 0.2) is 0 Å². The summed E-state index contributed by atoms with van der Waals surface area (Å²) in [6.07, 6.45) is 2.29. The van der Waals surface area contributed by atoms with Gasteiger partial charge in [-0.15, -0.1) is 6.58 Å². The summed E-state index contributed by atoms with van der Waals surface area (Å²) in [7, 11) is 1.12. The number of quaternary nitrogens is 1. The predicted molar refractivity (Wildman–Crippen MR) is 63.2 cm³/mol. The molecule has 17 heavy (non-hydrogen) atoms. The third-order valence-corrected chi connectivity index (χ3v) is 2.83.